The number of carbonyl (C=O) groups excluding carboxylic acids is 1. The van der Waals surface area contributed by atoms with Crippen LogP contribution in [0.1, 0.15) is 6.42 Å². The third kappa shape index (κ3) is 1.87. The van der Waals surface area contributed by atoms with E-state index in [1.165, 1.54) is 6.08 Å². The van der Waals surface area contributed by atoms with E-state index < -0.39 is 0 Å². The zero-order chi connectivity index (χ0) is 9.97. The summed E-state index contributed by atoms with van der Waals surface area (Å²) in [6.07, 6.45) is 7.00. The Morgan fingerprint density at radius 1 is 1.64 bits per heavy atom. The molecule has 1 saturated heterocycles. The number of fused-ring (bicyclic) bond motifs is 2. The fourth-order valence-corrected chi connectivity index (χ4v) is 2.06. The molecule has 1 amide bonds. The first-order valence-electron chi connectivity index (χ1n) is 5.00. The van der Waals surface area contributed by atoms with Crippen LogP contribution in [0.3, 0.4) is 0 Å². The molecule has 3 atom stereocenters. The molecule has 14 heavy (non-hydrogen) atoms. The molecule has 2 rings (SSSR count). The van der Waals surface area contributed by atoms with Crippen LogP contribution >= 0.6 is 0 Å². The molecule has 1 N–H and O–H groups in total. The number of rotatable bonds is 3. The molecule has 1 unspecified atom stereocenters. The second-order valence-corrected chi connectivity index (χ2v) is 3.87. The van der Waals surface area contributed by atoms with Crippen LogP contribution in [0.4, 0.5) is 0 Å². The van der Waals surface area contributed by atoms with Crippen LogP contribution in [0, 0.1) is 11.8 Å². The highest BCUT2D eigenvalue weighted by molar-refractivity contribution is 5.86. The number of ether oxygens (including phenoxy) is 1. The van der Waals surface area contributed by atoms with E-state index in [2.05, 4.69) is 24.0 Å². The normalized spacial score (nSPS) is 34.1. The molecule has 2 aliphatic rings. The molecular formula is C11H15NO2. The number of carbonyl (C=O) groups is 1. The quantitative estimate of drug-likeness (QED) is 0.533. The highest BCUT2D eigenvalue weighted by atomic mass is 16.5. The van der Waals surface area contributed by atoms with Crippen LogP contribution in [-0.4, -0.2) is 25.2 Å². The van der Waals surface area contributed by atoms with Gasteiger partial charge in [0.1, 0.15) is 0 Å². The Hall–Kier alpha value is -1.09. The van der Waals surface area contributed by atoms with E-state index in [1.807, 2.05) is 0 Å². The highest BCUT2D eigenvalue weighted by Gasteiger charge is 2.32. The first-order valence-corrected chi connectivity index (χ1v) is 5.00. The molecule has 1 fully saturated rings. The molecule has 1 heterocycles. The van der Waals surface area contributed by atoms with Crippen LogP contribution in [0.2, 0.25) is 0 Å². The lowest BCUT2D eigenvalue weighted by Crippen LogP contribution is -2.31. The lowest BCUT2D eigenvalue weighted by Gasteiger charge is -2.21. The fourth-order valence-electron chi connectivity index (χ4n) is 2.06. The van der Waals surface area contributed by atoms with Crippen LogP contribution in [0.25, 0.3) is 0 Å². The molecular weight excluding hydrogens is 178 g/mol. The van der Waals surface area contributed by atoms with Crippen molar-refractivity contribution in [3.63, 3.8) is 0 Å². The van der Waals surface area contributed by atoms with E-state index >= 15 is 0 Å². The molecule has 0 aromatic heterocycles. The van der Waals surface area contributed by atoms with E-state index in [0.717, 1.165) is 13.0 Å². The molecule has 0 spiro atoms. The Balaban J connectivity index is 1.86. The molecule has 2 bridgehead atoms. The maximum atomic E-state index is 11.0. The molecule has 3 nitrogen and oxygen atoms in total. The predicted molar refractivity (Wildman–Crippen MR) is 53.7 cm³/mol. The van der Waals surface area contributed by atoms with E-state index in [9.17, 15) is 4.79 Å². The minimum Gasteiger partial charge on any atom is -0.374 e. The molecule has 0 aromatic rings. The van der Waals surface area contributed by atoms with Crippen molar-refractivity contribution in [1.29, 1.82) is 0 Å². The van der Waals surface area contributed by atoms with Crippen molar-refractivity contribution in [1.82, 2.24) is 5.32 Å². The van der Waals surface area contributed by atoms with Crippen molar-refractivity contribution in [3.05, 3.63) is 24.8 Å². The predicted octanol–water partition coefficient (Wildman–Crippen LogP) is 0.880. The monoisotopic (exact) mass is 193 g/mol. The maximum absolute atomic E-state index is 11.0. The van der Waals surface area contributed by atoms with E-state index in [1.54, 1.807) is 0 Å². The summed E-state index contributed by atoms with van der Waals surface area (Å²) in [5.41, 5.74) is 0. The second-order valence-electron chi connectivity index (χ2n) is 3.87. The zero-order valence-electron chi connectivity index (χ0n) is 8.11. The fraction of sp³-hybridized carbons (Fsp3) is 0.545. The minimum absolute atomic E-state index is 0.0977. The Morgan fingerprint density at radius 2 is 2.50 bits per heavy atom. The van der Waals surface area contributed by atoms with Crippen molar-refractivity contribution in [2.45, 2.75) is 12.5 Å². The Kier molecular flexibility index (Phi) is 2.68. The van der Waals surface area contributed by atoms with Crippen molar-refractivity contribution < 1.29 is 9.53 Å². The smallest absolute Gasteiger partial charge is 0.243 e. The highest BCUT2D eigenvalue weighted by Crippen LogP contribution is 2.32. The molecule has 0 saturated carbocycles. The summed E-state index contributed by atoms with van der Waals surface area (Å²) in [7, 11) is 0. The summed E-state index contributed by atoms with van der Waals surface area (Å²) in [6.45, 7) is 4.94. The van der Waals surface area contributed by atoms with Gasteiger partial charge in [-0.05, 0) is 24.3 Å². The van der Waals surface area contributed by atoms with Gasteiger partial charge in [0, 0.05) is 6.54 Å². The maximum Gasteiger partial charge on any atom is 0.243 e. The number of amides is 1. The minimum atomic E-state index is -0.0977. The van der Waals surface area contributed by atoms with Gasteiger partial charge in [-0.2, -0.15) is 0 Å². The summed E-state index contributed by atoms with van der Waals surface area (Å²) in [4.78, 5) is 11.0. The summed E-state index contributed by atoms with van der Waals surface area (Å²) in [6, 6.07) is 0. The SMILES string of the molecule is C=CC(=O)NCC1C=C[C@H]2C[C@@H]1CO2. The van der Waals surface area contributed by atoms with Gasteiger partial charge in [-0.1, -0.05) is 18.7 Å². The van der Waals surface area contributed by atoms with Gasteiger partial charge in [0.2, 0.25) is 5.91 Å². The van der Waals surface area contributed by atoms with E-state index in [-0.39, 0.29) is 5.91 Å². The molecule has 1 aliphatic heterocycles. The van der Waals surface area contributed by atoms with Crippen LogP contribution in [-0.2, 0) is 9.53 Å². The van der Waals surface area contributed by atoms with E-state index in [0.29, 0.717) is 24.5 Å². The second kappa shape index (κ2) is 3.96. The molecule has 3 heteroatoms. The van der Waals surface area contributed by atoms with Gasteiger partial charge in [0.15, 0.2) is 0 Å². The van der Waals surface area contributed by atoms with Crippen molar-refractivity contribution >= 4 is 5.91 Å². The Labute approximate surface area is 83.8 Å². The third-order valence-corrected chi connectivity index (χ3v) is 2.94. The first-order chi connectivity index (χ1) is 6.79. The molecule has 0 aromatic carbocycles. The van der Waals surface area contributed by atoms with Gasteiger partial charge < -0.3 is 10.1 Å². The topological polar surface area (TPSA) is 38.3 Å². The largest absolute Gasteiger partial charge is 0.374 e. The van der Waals surface area contributed by atoms with E-state index in [4.69, 9.17) is 4.74 Å². The van der Waals surface area contributed by atoms with Crippen molar-refractivity contribution in [2.75, 3.05) is 13.2 Å². The summed E-state index contributed by atoms with van der Waals surface area (Å²) in [5, 5.41) is 2.82. The van der Waals surface area contributed by atoms with Crippen LogP contribution in [0.15, 0.2) is 24.8 Å². The van der Waals surface area contributed by atoms with Gasteiger partial charge in [-0.3, -0.25) is 4.79 Å². The Morgan fingerprint density at radius 3 is 3.29 bits per heavy atom. The number of hydrogen-bond donors (Lipinski definition) is 1. The van der Waals surface area contributed by atoms with Gasteiger partial charge in [0.25, 0.3) is 0 Å². The van der Waals surface area contributed by atoms with Gasteiger partial charge >= 0.3 is 0 Å². The summed E-state index contributed by atoms with van der Waals surface area (Å²) >= 11 is 0. The van der Waals surface area contributed by atoms with Crippen LogP contribution < -0.4 is 5.32 Å². The average Bonchev–Trinajstić information content (AvgIpc) is 2.60. The lowest BCUT2D eigenvalue weighted by atomic mass is 9.85. The number of hydrogen-bond acceptors (Lipinski definition) is 2. The standard InChI is InChI=1S/C11H15NO2/c1-2-11(13)12-6-8-3-4-10-5-9(8)7-14-10/h2-4,8-10H,1,5-7H2,(H,12,13)/t8?,9-,10+/m1/s1. The summed E-state index contributed by atoms with van der Waals surface area (Å²) < 4.78 is 5.52. The number of nitrogens with one attached hydrogen (secondary N) is 1. The van der Waals surface area contributed by atoms with Crippen LogP contribution in [0.5, 0.6) is 0 Å². The summed E-state index contributed by atoms with van der Waals surface area (Å²) in [5.74, 6) is 0.909. The zero-order valence-corrected chi connectivity index (χ0v) is 8.11. The van der Waals surface area contributed by atoms with Crippen molar-refractivity contribution in [2.24, 2.45) is 11.8 Å². The van der Waals surface area contributed by atoms with Gasteiger partial charge in [-0.25, -0.2) is 0 Å². The average molecular weight is 193 g/mol. The Bertz CT molecular complexity index is 272. The first kappa shape index (κ1) is 9.46. The lowest BCUT2D eigenvalue weighted by molar-refractivity contribution is -0.116. The molecule has 76 valence electrons. The third-order valence-electron chi connectivity index (χ3n) is 2.94. The molecule has 1 aliphatic carbocycles. The van der Waals surface area contributed by atoms with Gasteiger partial charge in [0.05, 0.1) is 12.7 Å². The van der Waals surface area contributed by atoms with Gasteiger partial charge in [-0.15, -0.1) is 0 Å². The molecule has 0 radical (unpaired) electrons. The van der Waals surface area contributed by atoms with Crippen molar-refractivity contribution in [3.8, 4) is 0 Å².